The molecule has 0 bridgehead atoms. The summed E-state index contributed by atoms with van der Waals surface area (Å²) in [6, 6.07) is 0. The fourth-order valence-corrected chi connectivity index (χ4v) is 2.37. The quantitative estimate of drug-likeness (QED) is 0.653. The van der Waals surface area contributed by atoms with E-state index in [0.717, 1.165) is 12.3 Å². The van der Waals surface area contributed by atoms with Gasteiger partial charge < -0.3 is 9.64 Å². The monoisotopic (exact) mass is 227 g/mol. The van der Waals surface area contributed by atoms with E-state index in [4.69, 9.17) is 4.74 Å². The SMILES string of the molecule is CCCN1CCC(CCC(=O)OCC)CC1. The van der Waals surface area contributed by atoms with Gasteiger partial charge in [-0.2, -0.15) is 0 Å². The molecule has 16 heavy (non-hydrogen) atoms. The van der Waals surface area contributed by atoms with Crippen molar-refractivity contribution < 1.29 is 9.53 Å². The molecule has 3 nitrogen and oxygen atoms in total. The third kappa shape index (κ3) is 4.97. The minimum atomic E-state index is -0.0292. The molecule has 3 heteroatoms. The van der Waals surface area contributed by atoms with Gasteiger partial charge in [0.1, 0.15) is 0 Å². The van der Waals surface area contributed by atoms with Crippen LogP contribution < -0.4 is 0 Å². The van der Waals surface area contributed by atoms with Gasteiger partial charge in [0.05, 0.1) is 6.61 Å². The molecule has 1 aliphatic rings. The molecule has 0 aromatic heterocycles. The van der Waals surface area contributed by atoms with Crippen LogP contribution >= 0.6 is 0 Å². The van der Waals surface area contributed by atoms with Gasteiger partial charge in [0.2, 0.25) is 0 Å². The normalized spacial score (nSPS) is 18.6. The Morgan fingerprint density at radius 1 is 1.31 bits per heavy atom. The Morgan fingerprint density at radius 3 is 2.56 bits per heavy atom. The van der Waals surface area contributed by atoms with E-state index in [0.29, 0.717) is 13.0 Å². The minimum Gasteiger partial charge on any atom is -0.466 e. The second-order valence-corrected chi connectivity index (χ2v) is 4.63. The molecule has 1 heterocycles. The van der Waals surface area contributed by atoms with Crippen molar-refractivity contribution >= 4 is 5.97 Å². The number of likely N-dealkylation sites (tertiary alicyclic amines) is 1. The summed E-state index contributed by atoms with van der Waals surface area (Å²) in [5, 5.41) is 0. The van der Waals surface area contributed by atoms with Gasteiger partial charge in [-0.1, -0.05) is 6.92 Å². The lowest BCUT2D eigenvalue weighted by Crippen LogP contribution is -2.34. The number of nitrogens with zero attached hydrogens (tertiary/aromatic N) is 1. The smallest absolute Gasteiger partial charge is 0.305 e. The van der Waals surface area contributed by atoms with Crippen LogP contribution in [0.15, 0.2) is 0 Å². The fraction of sp³-hybridized carbons (Fsp3) is 0.923. The van der Waals surface area contributed by atoms with E-state index in [1.807, 2.05) is 6.92 Å². The van der Waals surface area contributed by atoms with Crippen molar-refractivity contribution in [1.29, 1.82) is 0 Å². The van der Waals surface area contributed by atoms with Gasteiger partial charge in [-0.15, -0.1) is 0 Å². The van der Waals surface area contributed by atoms with Gasteiger partial charge in [0.25, 0.3) is 0 Å². The first kappa shape index (κ1) is 13.5. The van der Waals surface area contributed by atoms with Gasteiger partial charge in [0, 0.05) is 6.42 Å². The lowest BCUT2D eigenvalue weighted by Gasteiger charge is -2.31. The van der Waals surface area contributed by atoms with E-state index >= 15 is 0 Å². The molecule has 1 fully saturated rings. The molecule has 0 amide bonds. The highest BCUT2D eigenvalue weighted by Gasteiger charge is 2.19. The van der Waals surface area contributed by atoms with Crippen LogP contribution in [0.25, 0.3) is 0 Å². The van der Waals surface area contributed by atoms with E-state index < -0.39 is 0 Å². The number of piperidine rings is 1. The van der Waals surface area contributed by atoms with Crippen molar-refractivity contribution in [3.8, 4) is 0 Å². The van der Waals surface area contributed by atoms with Crippen molar-refractivity contribution in [1.82, 2.24) is 4.90 Å². The van der Waals surface area contributed by atoms with Crippen LogP contribution in [0.1, 0.15) is 46.0 Å². The van der Waals surface area contributed by atoms with Gasteiger partial charge >= 0.3 is 5.97 Å². The van der Waals surface area contributed by atoms with Crippen molar-refractivity contribution in [2.45, 2.75) is 46.0 Å². The van der Waals surface area contributed by atoms with Crippen LogP contribution in [0.2, 0.25) is 0 Å². The molecule has 0 aromatic carbocycles. The maximum absolute atomic E-state index is 11.2. The third-order valence-corrected chi connectivity index (χ3v) is 3.31. The molecule has 0 unspecified atom stereocenters. The first-order chi connectivity index (χ1) is 7.76. The van der Waals surface area contributed by atoms with Crippen LogP contribution in [0.4, 0.5) is 0 Å². The Hall–Kier alpha value is -0.570. The summed E-state index contributed by atoms with van der Waals surface area (Å²) in [6.45, 7) is 8.25. The third-order valence-electron chi connectivity index (χ3n) is 3.31. The number of hydrogen-bond acceptors (Lipinski definition) is 3. The summed E-state index contributed by atoms with van der Waals surface area (Å²) >= 11 is 0. The summed E-state index contributed by atoms with van der Waals surface area (Å²) in [5.41, 5.74) is 0. The molecule has 0 aliphatic carbocycles. The van der Waals surface area contributed by atoms with E-state index in [-0.39, 0.29) is 5.97 Å². The molecule has 1 aliphatic heterocycles. The zero-order valence-corrected chi connectivity index (χ0v) is 10.7. The number of carbonyl (C=O) groups excluding carboxylic acids is 1. The van der Waals surface area contributed by atoms with Crippen molar-refractivity contribution in [3.63, 3.8) is 0 Å². The largest absolute Gasteiger partial charge is 0.466 e. The van der Waals surface area contributed by atoms with Gasteiger partial charge in [0.15, 0.2) is 0 Å². The number of rotatable bonds is 6. The molecule has 0 atom stereocenters. The zero-order valence-electron chi connectivity index (χ0n) is 10.7. The summed E-state index contributed by atoms with van der Waals surface area (Å²) in [5.74, 6) is 0.705. The Morgan fingerprint density at radius 2 is 2.00 bits per heavy atom. The van der Waals surface area contributed by atoms with Crippen LogP contribution in [-0.4, -0.2) is 37.1 Å². The average molecular weight is 227 g/mol. The predicted octanol–water partition coefficient (Wildman–Crippen LogP) is 2.45. The topological polar surface area (TPSA) is 29.5 Å². The number of esters is 1. The Bertz CT molecular complexity index is 198. The second kappa shape index (κ2) is 7.66. The summed E-state index contributed by atoms with van der Waals surface area (Å²) in [7, 11) is 0. The molecule has 1 saturated heterocycles. The van der Waals surface area contributed by atoms with Crippen LogP contribution in [0.5, 0.6) is 0 Å². The average Bonchev–Trinajstić information content (AvgIpc) is 2.29. The lowest BCUT2D eigenvalue weighted by atomic mass is 9.92. The molecule has 0 radical (unpaired) electrons. The molecule has 0 saturated carbocycles. The molecule has 1 rings (SSSR count). The summed E-state index contributed by atoms with van der Waals surface area (Å²) < 4.78 is 4.94. The standard InChI is InChI=1S/C13H25NO2/c1-3-9-14-10-7-12(8-11-14)5-6-13(15)16-4-2/h12H,3-11H2,1-2H3. The van der Waals surface area contributed by atoms with Gasteiger partial charge in [-0.3, -0.25) is 4.79 Å². The maximum Gasteiger partial charge on any atom is 0.305 e. The highest BCUT2D eigenvalue weighted by Crippen LogP contribution is 2.22. The first-order valence-electron chi connectivity index (χ1n) is 6.64. The Kier molecular flexibility index (Phi) is 6.46. The van der Waals surface area contributed by atoms with Crippen LogP contribution in [-0.2, 0) is 9.53 Å². The van der Waals surface area contributed by atoms with Crippen molar-refractivity contribution in [2.75, 3.05) is 26.2 Å². The molecule has 0 aromatic rings. The number of carbonyl (C=O) groups is 1. The predicted molar refractivity (Wildman–Crippen MR) is 65.3 cm³/mol. The van der Waals surface area contributed by atoms with Gasteiger partial charge in [-0.25, -0.2) is 0 Å². The summed E-state index contributed by atoms with van der Waals surface area (Å²) in [6.07, 6.45) is 5.36. The zero-order chi connectivity index (χ0) is 11.8. The molecule has 0 N–H and O–H groups in total. The number of ether oxygens (including phenoxy) is 1. The highest BCUT2D eigenvalue weighted by molar-refractivity contribution is 5.69. The van der Waals surface area contributed by atoms with Gasteiger partial charge in [-0.05, 0) is 58.2 Å². The Labute approximate surface area is 99.1 Å². The van der Waals surface area contributed by atoms with Crippen LogP contribution in [0, 0.1) is 5.92 Å². The molecule has 94 valence electrons. The maximum atomic E-state index is 11.2. The van der Waals surface area contributed by atoms with E-state index in [2.05, 4.69) is 11.8 Å². The Balaban J connectivity index is 2.10. The number of hydrogen-bond donors (Lipinski definition) is 0. The first-order valence-corrected chi connectivity index (χ1v) is 6.64. The van der Waals surface area contributed by atoms with Crippen molar-refractivity contribution in [3.05, 3.63) is 0 Å². The second-order valence-electron chi connectivity index (χ2n) is 4.63. The summed E-state index contributed by atoms with van der Waals surface area (Å²) in [4.78, 5) is 13.7. The lowest BCUT2D eigenvalue weighted by molar-refractivity contribution is -0.143. The minimum absolute atomic E-state index is 0.0292. The van der Waals surface area contributed by atoms with E-state index in [9.17, 15) is 4.79 Å². The molecular weight excluding hydrogens is 202 g/mol. The molecular formula is C13H25NO2. The van der Waals surface area contributed by atoms with Crippen LogP contribution in [0.3, 0.4) is 0 Å². The van der Waals surface area contributed by atoms with E-state index in [1.54, 1.807) is 0 Å². The molecule has 0 spiro atoms. The van der Waals surface area contributed by atoms with Crippen molar-refractivity contribution in [2.24, 2.45) is 5.92 Å². The highest BCUT2D eigenvalue weighted by atomic mass is 16.5. The fourth-order valence-electron chi connectivity index (χ4n) is 2.37. The van der Waals surface area contributed by atoms with E-state index in [1.165, 1.54) is 38.9 Å².